The zero-order valence-electron chi connectivity index (χ0n) is 12.1. The normalized spacial score (nSPS) is 24.3. The molecule has 1 aromatic rings. The lowest BCUT2D eigenvalue weighted by Gasteiger charge is -2.50. The Labute approximate surface area is 119 Å². The highest BCUT2D eigenvalue weighted by atomic mass is 16.5. The minimum absolute atomic E-state index is 0.0410. The third-order valence-corrected chi connectivity index (χ3v) is 4.22. The topological polar surface area (TPSA) is 54.5 Å². The molecule has 1 saturated heterocycles. The minimum Gasteiger partial charge on any atom is -0.368 e. The highest BCUT2D eigenvalue weighted by Crippen LogP contribution is 2.39. The average molecular weight is 275 g/mol. The molecule has 0 aromatic carbocycles. The van der Waals surface area contributed by atoms with Crippen LogP contribution in [0.4, 0.5) is 10.5 Å². The van der Waals surface area contributed by atoms with Gasteiger partial charge in [-0.1, -0.05) is 0 Å². The number of aryl methyl sites for hydroxylation is 1. The van der Waals surface area contributed by atoms with Gasteiger partial charge in [-0.3, -0.25) is 4.98 Å². The summed E-state index contributed by atoms with van der Waals surface area (Å²) in [5, 5.41) is 2.98. The lowest BCUT2D eigenvalue weighted by molar-refractivity contribution is -0.174. The molecule has 20 heavy (non-hydrogen) atoms. The van der Waals surface area contributed by atoms with E-state index in [2.05, 4.69) is 10.3 Å². The third kappa shape index (κ3) is 2.50. The van der Waals surface area contributed by atoms with E-state index in [1.54, 1.807) is 12.4 Å². The number of nitrogens with zero attached hydrogens (tertiary/aromatic N) is 2. The Kier molecular flexibility index (Phi) is 3.38. The van der Waals surface area contributed by atoms with Crippen molar-refractivity contribution in [3.05, 3.63) is 24.0 Å². The van der Waals surface area contributed by atoms with Crippen LogP contribution in [-0.4, -0.2) is 40.7 Å². The zero-order chi connectivity index (χ0) is 14.2. The molecule has 3 rings (SSSR count). The van der Waals surface area contributed by atoms with Gasteiger partial charge in [-0.2, -0.15) is 0 Å². The number of rotatable bonds is 1. The standard InChI is InChI=1S/C15H21N3O2/c1-11-8-16-7-4-13(11)17-14(19)18-9-12(2)20-15(10-18)5-3-6-15/h4,7-8,12H,3,5-6,9-10H2,1-2H3,(H,16,17,19). The van der Waals surface area contributed by atoms with E-state index in [1.165, 1.54) is 6.42 Å². The van der Waals surface area contributed by atoms with Crippen LogP contribution in [0.5, 0.6) is 0 Å². The number of nitrogens with one attached hydrogen (secondary N) is 1. The molecule has 2 amide bonds. The SMILES string of the molecule is Cc1cnccc1NC(=O)N1CC(C)OC2(CCC2)C1. The molecule has 0 bridgehead atoms. The molecule has 0 radical (unpaired) electrons. The van der Waals surface area contributed by atoms with Crippen molar-refractivity contribution in [2.24, 2.45) is 0 Å². The molecule has 1 unspecified atom stereocenters. The summed E-state index contributed by atoms with van der Waals surface area (Å²) >= 11 is 0. The maximum absolute atomic E-state index is 12.4. The molecule has 5 nitrogen and oxygen atoms in total. The fraction of sp³-hybridized carbons (Fsp3) is 0.600. The van der Waals surface area contributed by atoms with Crippen LogP contribution in [0.3, 0.4) is 0 Å². The van der Waals surface area contributed by atoms with Gasteiger partial charge in [0.1, 0.15) is 0 Å². The summed E-state index contributed by atoms with van der Waals surface area (Å²) in [6.45, 7) is 5.33. The Hall–Kier alpha value is -1.62. The van der Waals surface area contributed by atoms with Crippen LogP contribution in [0.15, 0.2) is 18.5 Å². The molecule has 1 aromatic heterocycles. The van der Waals surface area contributed by atoms with E-state index in [0.717, 1.165) is 24.1 Å². The fourth-order valence-electron chi connectivity index (χ4n) is 3.03. The molecule has 2 aliphatic rings. The molecule has 1 aliphatic heterocycles. The molecular weight excluding hydrogens is 254 g/mol. The number of aromatic nitrogens is 1. The summed E-state index contributed by atoms with van der Waals surface area (Å²) in [5.41, 5.74) is 1.72. The van der Waals surface area contributed by atoms with E-state index in [1.807, 2.05) is 24.8 Å². The molecule has 1 saturated carbocycles. The molecule has 2 fully saturated rings. The molecule has 1 atom stereocenters. The highest BCUT2D eigenvalue weighted by molar-refractivity contribution is 5.90. The molecule has 108 valence electrons. The van der Waals surface area contributed by atoms with Gasteiger partial charge in [0.2, 0.25) is 0 Å². The van der Waals surface area contributed by atoms with E-state index in [-0.39, 0.29) is 17.7 Å². The maximum Gasteiger partial charge on any atom is 0.322 e. The fourth-order valence-corrected chi connectivity index (χ4v) is 3.03. The molecule has 1 N–H and O–H groups in total. The van der Waals surface area contributed by atoms with Crippen LogP contribution in [0.25, 0.3) is 0 Å². The van der Waals surface area contributed by atoms with Crippen LogP contribution in [0.1, 0.15) is 31.7 Å². The van der Waals surface area contributed by atoms with Crippen molar-refractivity contribution in [3.8, 4) is 0 Å². The van der Waals surface area contributed by atoms with Crippen molar-refractivity contribution >= 4 is 11.7 Å². The van der Waals surface area contributed by atoms with Gasteiger partial charge in [-0.05, 0) is 44.7 Å². The lowest BCUT2D eigenvalue weighted by atomic mass is 9.78. The number of hydrogen-bond donors (Lipinski definition) is 1. The van der Waals surface area contributed by atoms with Crippen molar-refractivity contribution in [2.75, 3.05) is 18.4 Å². The first-order valence-corrected chi connectivity index (χ1v) is 7.22. The third-order valence-electron chi connectivity index (χ3n) is 4.22. The van der Waals surface area contributed by atoms with E-state index in [9.17, 15) is 4.79 Å². The first kappa shape index (κ1) is 13.4. The monoisotopic (exact) mass is 275 g/mol. The highest BCUT2D eigenvalue weighted by Gasteiger charge is 2.45. The molecule has 1 spiro atoms. The number of morpholine rings is 1. The predicted octanol–water partition coefficient (Wildman–Crippen LogP) is 2.57. The van der Waals surface area contributed by atoms with Crippen LogP contribution < -0.4 is 5.32 Å². The van der Waals surface area contributed by atoms with Crippen molar-refractivity contribution < 1.29 is 9.53 Å². The first-order valence-electron chi connectivity index (χ1n) is 7.22. The Bertz CT molecular complexity index is 514. The molecule has 2 heterocycles. The van der Waals surface area contributed by atoms with Crippen LogP contribution in [0.2, 0.25) is 0 Å². The second-order valence-electron chi connectivity index (χ2n) is 5.97. The van der Waals surface area contributed by atoms with Crippen molar-refractivity contribution in [1.82, 2.24) is 9.88 Å². The smallest absolute Gasteiger partial charge is 0.322 e. The number of carbonyl (C=O) groups excluding carboxylic acids is 1. The van der Waals surface area contributed by atoms with Gasteiger partial charge >= 0.3 is 6.03 Å². The second kappa shape index (κ2) is 5.05. The maximum atomic E-state index is 12.4. The summed E-state index contributed by atoms with van der Waals surface area (Å²) in [7, 11) is 0. The van der Waals surface area contributed by atoms with E-state index in [0.29, 0.717) is 13.1 Å². The summed E-state index contributed by atoms with van der Waals surface area (Å²) in [4.78, 5) is 18.4. The van der Waals surface area contributed by atoms with Crippen LogP contribution >= 0.6 is 0 Å². The molecular formula is C15H21N3O2. The number of carbonyl (C=O) groups is 1. The number of amides is 2. The number of ether oxygens (including phenoxy) is 1. The van der Waals surface area contributed by atoms with Gasteiger partial charge in [0, 0.05) is 24.6 Å². The number of pyridine rings is 1. The van der Waals surface area contributed by atoms with Crippen LogP contribution in [0, 0.1) is 6.92 Å². The summed E-state index contributed by atoms with van der Waals surface area (Å²) in [5.74, 6) is 0. The summed E-state index contributed by atoms with van der Waals surface area (Å²) in [6, 6.07) is 1.79. The van der Waals surface area contributed by atoms with Gasteiger partial charge in [0.25, 0.3) is 0 Å². The Morgan fingerprint density at radius 1 is 1.55 bits per heavy atom. The van der Waals surface area contributed by atoms with Gasteiger partial charge in [0.15, 0.2) is 0 Å². The molecule has 1 aliphatic carbocycles. The van der Waals surface area contributed by atoms with E-state index in [4.69, 9.17) is 4.74 Å². The molecule has 5 heteroatoms. The van der Waals surface area contributed by atoms with Crippen molar-refractivity contribution in [3.63, 3.8) is 0 Å². The Morgan fingerprint density at radius 3 is 3.00 bits per heavy atom. The number of anilines is 1. The quantitative estimate of drug-likeness (QED) is 0.857. The average Bonchev–Trinajstić information content (AvgIpc) is 2.39. The zero-order valence-corrected chi connectivity index (χ0v) is 12.1. The number of hydrogen-bond acceptors (Lipinski definition) is 3. The van der Waals surface area contributed by atoms with Crippen LogP contribution in [-0.2, 0) is 4.74 Å². The number of urea groups is 1. The Morgan fingerprint density at radius 2 is 2.35 bits per heavy atom. The first-order chi connectivity index (χ1) is 9.58. The Balaban J connectivity index is 1.69. The largest absolute Gasteiger partial charge is 0.368 e. The minimum atomic E-state index is -0.0811. The lowest BCUT2D eigenvalue weighted by Crippen LogP contribution is -2.60. The summed E-state index contributed by atoms with van der Waals surface area (Å²) in [6.07, 6.45) is 6.88. The van der Waals surface area contributed by atoms with E-state index < -0.39 is 0 Å². The second-order valence-corrected chi connectivity index (χ2v) is 5.97. The van der Waals surface area contributed by atoms with Gasteiger partial charge in [-0.25, -0.2) is 4.79 Å². The van der Waals surface area contributed by atoms with Crippen molar-refractivity contribution in [1.29, 1.82) is 0 Å². The van der Waals surface area contributed by atoms with Gasteiger partial charge < -0.3 is 15.0 Å². The van der Waals surface area contributed by atoms with Gasteiger partial charge in [-0.15, -0.1) is 0 Å². The van der Waals surface area contributed by atoms with E-state index >= 15 is 0 Å². The summed E-state index contributed by atoms with van der Waals surface area (Å²) < 4.78 is 6.03. The van der Waals surface area contributed by atoms with Gasteiger partial charge in [0.05, 0.1) is 18.2 Å². The predicted molar refractivity (Wildman–Crippen MR) is 76.7 cm³/mol. The van der Waals surface area contributed by atoms with Crippen molar-refractivity contribution in [2.45, 2.75) is 44.8 Å².